The molecule has 2 fully saturated rings. The molecule has 0 spiro atoms. The number of aromatic nitrogens is 2. The molecule has 1 saturated heterocycles. The second kappa shape index (κ2) is 10.5. The lowest BCUT2D eigenvalue weighted by atomic mass is 9.91. The van der Waals surface area contributed by atoms with Crippen molar-refractivity contribution in [1.29, 1.82) is 0 Å². The van der Waals surface area contributed by atoms with Crippen molar-refractivity contribution in [2.45, 2.75) is 44.3 Å². The van der Waals surface area contributed by atoms with Crippen LogP contribution in [-0.4, -0.2) is 54.3 Å². The van der Waals surface area contributed by atoms with Crippen LogP contribution in [0.2, 0.25) is 0 Å². The number of carbonyl (C=O) groups excluding carboxylic acids is 1. The van der Waals surface area contributed by atoms with E-state index in [1.54, 1.807) is 12.3 Å². The number of hydrogen-bond donors (Lipinski definition) is 4. The molecule has 7 rings (SSSR count). The Morgan fingerprint density at radius 3 is 2.85 bits per heavy atom. The molecule has 0 radical (unpaired) electrons. The van der Waals surface area contributed by atoms with Crippen LogP contribution in [0.15, 0.2) is 32.9 Å². The first-order valence-electron chi connectivity index (χ1n) is 13.5. The summed E-state index contributed by atoms with van der Waals surface area (Å²) in [7, 11) is 0. The van der Waals surface area contributed by atoms with Crippen molar-refractivity contribution in [2.24, 2.45) is 5.73 Å². The summed E-state index contributed by atoms with van der Waals surface area (Å²) in [6.45, 7) is 3.00. The molecule has 1 saturated carbocycles. The molecule has 3 aliphatic rings. The van der Waals surface area contributed by atoms with Crippen LogP contribution >= 0.6 is 22.7 Å². The van der Waals surface area contributed by atoms with Gasteiger partial charge < -0.3 is 35.7 Å². The number of pyridine rings is 1. The molecule has 2 atom stereocenters. The highest BCUT2D eigenvalue weighted by Crippen LogP contribution is 2.39. The number of fused-ring (bicyclic) bond motifs is 2. The van der Waals surface area contributed by atoms with Crippen LogP contribution in [0.25, 0.3) is 20.7 Å². The van der Waals surface area contributed by atoms with Gasteiger partial charge in [-0.1, -0.05) is 24.2 Å². The first kappa shape index (κ1) is 25.4. The van der Waals surface area contributed by atoms with Gasteiger partial charge in [-0.15, -0.1) is 11.3 Å². The number of nitrogens with zero attached hydrogens (tertiary/aromatic N) is 3. The molecule has 6 heterocycles. The van der Waals surface area contributed by atoms with Crippen molar-refractivity contribution in [3.05, 3.63) is 45.1 Å². The fourth-order valence-electron chi connectivity index (χ4n) is 5.55. The summed E-state index contributed by atoms with van der Waals surface area (Å²) < 4.78 is 12.3. The standard InChI is InChI=1S/C27H29N7O4S2/c28-16-3-1-2-4-17(16)31-20-9-14-11-29-26(36)22(14)25(32-20)33-27-30-12-19(40-27)15-13-39-24-18(35)10-21(38-23(15)24)34-5-7-37-8-6-34/h9-10,12-13,16-17H,1-8,11,28H2,(H,29,36)(H2,30,31,32,33)/t16-,17+/m1/s1. The average Bonchev–Trinajstić information content (AvgIpc) is 3.69. The van der Waals surface area contributed by atoms with Crippen LogP contribution in [0, 0.1) is 0 Å². The van der Waals surface area contributed by atoms with Crippen LogP contribution in [0.1, 0.15) is 41.6 Å². The predicted octanol–water partition coefficient (Wildman–Crippen LogP) is 3.88. The summed E-state index contributed by atoms with van der Waals surface area (Å²) in [5, 5.41) is 12.2. The first-order valence-corrected chi connectivity index (χ1v) is 15.2. The molecule has 0 unspecified atom stereocenters. The van der Waals surface area contributed by atoms with Gasteiger partial charge in [0, 0.05) is 54.9 Å². The molecule has 1 amide bonds. The van der Waals surface area contributed by atoms with Crippen LogP contribution in [-0.2, 0) is 11.3 Å². The zero-order chi connectivity index (χ0) is 27.2. The van der Waals surface area contributed by atoms with Gasteiger partial charge in [-0.05, 0) is 24.5 Å². The second-order valence-corrected chi connectivity index (χ2v) is 12.2. The van der Waals surface area contributed by atoms with E-state index in [2.05, 4.69) is 20.9 Å². The summed E-state index contributed by atoms with van der Waals surface area (Å²) in [4.78, 5) is 37.8. The number of hydrogen-bond acceptors (Lipinski definition) is 12. The van der Waals surface area contributed by atoms with Gasteiger partial charge in [0.15, 0.2) is 16.6 Å². The number of thiazole rings is 1. The van der Waals surface area contributed by atoms with Crippen molar-refractivity contribution in [2.75, 3.05) is 41.8 Å². The van der Waals surface area contributed by atoms with E-state index in [0.29, 0.717) is 71.3 Å². The normalized spacial score (nSPS) is 20.9. The molecule has 4 aromatic rings. The molecule has 2 aliphatic heterocycles. The average molecular weight is 580 g/mol. The summed E-state index contributed by atoms with van der Waals surface area (Å²) in [6.07, 6.45) is 6.01. The van der Waals surface area contributed by atoms with Crippen LogP contribution in [0.3, 0.4) is 0 Å². The van der Waals surface area contributed by atoms with E-state index in [1.165, 1.54) is 22.7 Å². The Balaban J connectivity index is 1.19. The molecule has 13 heteroatoms. The summed E-state index contributed by atoms with van der Waals surface area (Å²) in [5.74, 6) is 1.54. The molecular formula is C27H29N7O4S2. The highest BCUT2D eigenvalue weighted by atomic mass is 32.1. The maximum atomic E-state index is 12.9. The van der Waals surface area contributed by atoms with Gasteiger partial charge >= 0.3 is 0 Å². The van der Waals surface area contributed by atoms with E-state index < -0.39 is 0 Å². The van der Waals surface area contributed by atoms with Gasteiger partial charge in [-0.2, -0.15) is 0 Å². The predicted molar refractivity (Wildman–Crippen MR) is 157 cm³/mol. The number of rotatable bonds is 6. The Kier molecular flexibility index (Phi) is 6.66. The molecule has 208 valence electrons. The summed E-state index contributed by atoms with van der Waals surface area (Å²) in [6, 6.07) is 3.71. The lowest BCUT2D eigenvalue weighted by molar-refractivity contribution is 0.0966. The monoisotopic (exact) mass is 579 g/mol. The molecule has 5 N–H and O–H groups in total. The van der Waals surface area contributed by atoms with Gasteiger partial charge in [-0.3, -0.25) is 9.59 Å². The molecule has 4 aromatic heterocycles. The molecule has 40 heavy (non-hydrogen) atoms. The Labute approximate surface area is 237 Å². The SMILES string of the molecule is N[C@@H]1CCCC[C@@H]1Nc1cc2c(c(Nc3ncc(-c4csc5c(=O)cc(N6CCOCC6)oc45)s3)n1)C(=O)NC2. The molecule has 1 aliphatic carbocycles. The fourth-order valence-corrected chi connectivity index (χ4v) is 7.35. The minimum absolute atomic E-state index is 0.0605. The maximum Gasteiger partial charge on any atom is 0.255 e. The molecule has 11 nitrogen and oxygen atoms in total. The number of thiophene rings is 1. The van der Waals surface area contributed by atoms with Gasteiger partial charge in [0.05, 0.1) is 23.7 Å². The van der Waals surface area contributed by atoms with Gasteiger partial charge in [0.1, 0.15) is 16.3 Å². The van der Waals surface area contributed by atoms with Crippen molar-refractivity contribution >= 4 is 61.5 Å². The summed E-state index contributed by atoms with van der Waals surface area (Å²) in [5.41, 5.74) is 9.08. The molecule has 0 aromatic carbocycles. The van der Waals surface area contributed by atoms with Crippen molar-refractivity contribution < 1.29 is 13.9 Å². The second-order valence-electron chi connectivity index (χ2n) is 10.3. The van der Waals surface area contributed by atoms with Gasteiger partial charge in [-0.25, -0.2) is 9.97 Å². The number of carbonyl (C=O) groups is 1. The van der Waals surface area contributed by atoms with E-state index in [-0.39, 0.29) is 23.4 Å². The Bertz CT molecular complexity index is 1640. The number of amides is 1. The van der Waals surface area contributed by atoms with Gasteiger partial charge in [0.25, 0.3) is 5.91 Å². The van der Waals surface area contributed by atoms with E-state index in [9.17, 15) is 9.59 Å². The van der Waals surface area contributed by atoms with E-state index in [4.69, 9.17) is 19.9 Å². The zero-order valence-corrected chi connectivity index (χ0v) is 23.3. The van der Waals surface area contributed by atoms with Crippen molar-refractivity contribution in [3.8, 4) is 10.4 Å². The molecular weight excluding hydrogens is 550 g/mol. The number of ether oxygens (including phenoxy) is 1. The van der Waals surface area contributed by atoms with Crippen molar-refractivity contribution in [1.82, 2.24) is 15.3 Å². The quantitative estimate of drug-likeness (QED) is 0.265. The van der Waals surface area contributed by atoms with E-state index in [0.717, 1.165) is 41.7 Å². The third-order valence-electron chi connectivity index (χ3n) is 7.67. The van der Waals surface area contributed by atoms with Crippen LogP contribution < -0.4 is 32.0 Å². The minimum Gasteiger partial charge on any atom is -0.439 e. The van der Waals surface area contributed by atoms with E-state index >= 15 is 0 Å². The fraction of sp³-hybridized carbons (Fsp3) is 0.407. The number of anilines is 4. The minimum atomic E-state index is -0.163. The highest BCUT2D eigenvalue weighted by Gasteiger charge is 2.28. The number of nitrogens with two attached hydrogens (primary N) is 1. The maximum absolute atomic E-state index is 12.9. The first-order chi connectivity index (χ1) is 19.5. The third kappa shape index (κ3) is 4.72. The lowest BCUT2D eigenvalue weighted by Gasteiger charge is -2.30. The lowest BCUT2D eigenvalue weighted by Crippen LogP contribution is -2.42. The van der Waals surface area contributed by atoms with E-state index in [1.807, 2.05) is 16.3 Å². The largest absolute Gasteiger partial charge is 0.439 e. The summed E-state index contributed by atoms with van der Waals surface area (Å²) >= 11 is 2.78. The smallest absolute Gasteiger partial charge is 0.255 e. The topological polar surface area (TPSA) is 148 Å². The molecule has 0 bridgehead atoms. The van der Waals surface area contributed by atoms with Gasteiger partial charge in [0.2, 0.25) is 5.43 Å². The number of morpholine rings is 1. The Hall–Kier alpha value is -3.52. The Morgan fingerprint density at radius 1 is 1.15 bits per heavy atom. The van der Waals surface area contributed by atoms with Crippen LogP contribution in [0.5, 0.6) is 0 Å². The number of nitrogens with one attached hydrogen (secondary N) is 3. The van der Waals surface area contributed by atoms with Crippen LogP contribution in [0.4, 0.5) is 22.7 Å². The Morgan fingerprint density at radius 2 is 2.00 bits per heavy atom. The van der Waals surface area contributed by atoms with Crippen molar-refractivity contribution in [3.63, 3.8) is 0 Å². The highest BCUT2D eigenvalue weighted by molar-refractivity contribution is 7.20. The zero-order valence-electron chi connectivity index (χ0n) is 21.7. The third-order valence-corrected chi connectivity index (χ3v) is 9.59.